The molecule has 0 amide bonds. The Balaban J connectivity index is 2.35. The molecule has 2 rings (SSSR count). The Labute approximate surface area is 123 Å². The van der Waals surface area contributed by atoms with Gasteiger partial charge in [0.15, 0.2) is 11.6 Å². The number of aromatic nitrogens is 2. The first kappa shape index (κ1) is 15.2. The quantitative estimate of drug-likeness (QED) is 0.885. The molecule has 6 heteroatoms. The summed E-state index contributed by atoms with van der Waals surface area (Å²) in [7, 11) is 2.97. The van der Waals surface area contributed by atoms with Gasteiger partial charge in [-0.15, -0.1) is 10.2 Å². The average Bonchev–Trinajstić information content (AvgIpc) is 2.52. The van der Waals surface area contributed by atoms with E-state index in [4.69, 9.17) is 9.47 Å². The predicted octanol–water partition coefficient (Wildman–Crippen LogP) is 2.33. The third-order valence-electron chi connectivity index (χ3n) is 3.08. The third-order valence-corrected chi connectivity index (χ3v) is 3.08. The first-order chi connectivity index (χ1) is 10.2. The van der Waals surface area contributed by atoms with Crippen LogP contribution in [-0.2, 0) is 0 Å². The van der Waals surface area contributed by atoms with E-state index in [-0.39, 0.29) is 11.8 Å². The Kier molecular flexibility index (Phi) is 5.05. The minimum atomic E-state index is -0.403. The van der Waals surface area contributed by atoms with Crippen LogP contribution in [0, 0.1) is 5.82 Å². The second-order valence-electron chi connectivity index (χ2n) is 4.39. The second-order valence-corrected chi connectivity index (χ2v) is 4.39. The zero-order valence-corrected chi connectivity index (χ0v) is 12.3. The smallest absolute Gasteiger partial charge is 0.233 e. The molecule has 0 aliphatic heterocycles. The van der Waals surface area contributed by atoms with Gasteiger partial charge in [0.1, 0.15) is 0 Å². The summed E-state index contributed by atoms with van der Waals surface area (Å²) in [6, 6.07) is 8.15. The zero-order chi connectivity index (χ0) is 15.2. The van der Waals surface area contributed by atoms with Crippen LogP contribution in [0.5, 0.6) is 11.6 Å². The molecule has 0 radical (unpaired) electrons. The molecular formula is C15H18FN3O2. The van der Waals surface area contributed by atoms with Crippen LogP contribution in [0.15, 0.2) is 30.3 Å². The lowest BCUT2D eigenvalue weighted by molar-refractivity contribution is 0.385. The van der Waals surface area contributed by atoms with Crippen LogP contribution in [-0.4, -0.2) is 31.0 Å². The van der Waals surface area contributed by atoms with Gasteiger partial charge in [-0.05, 0) is 30.3 Å². The number of rotatable bonds is 6. The zero-order valence-electron chi connectivity index (χ0n) is 12.3. The lowest BCUT2D eigenvalue weighted by atomic mass is 10.0. The van der Waals surface area contributed by atoms with Crippen molar-refractivity contribution in [3.05, 3.63) is 47.4 Å². The number of ether oxygens (including phenoxy) is 2. The van der Waals surface area contributed by atoms with Gasteiger partial charge in [0.25, 0.3) is 0 Å². The molecule has 1 aromatic carbocycles. The number of nitrogens with one attached hydrogen (secondary N) is 1. The standard InChI is InChI=1S/C15H18FN3O2/c1-4-17-15(12-6-8-14(21-3)19-18-12)10-5-7-13(20-2)11(16)9-10/h5-9,15,17H,4H2,1-3H3. The van der Waals surface area contributed by atoms with Crippen LogP contribution < -0.4 is 14.8 Å². The van der Waals surface area contributed by atoms with E-state index in [9.17, 15) is 4.39 Å². The molecule has 0 spiro atoms. The van der Waals surface area contributed by atoms with Gasteiger partial charge in [-0.2, -0.15) is 0 Å². The summed E-state index contributed by atoms with van der Waals surface area (Å²) in [4.78, 5) is 0. The lowest BCUT2D eigenvalue weighted by Crippen LogP contribution is -2.23. The highest BCUT2D eigenvalue weighted by molar-refractivity contribution is 5.34. The normalized spacial score (nSPS) is 12.0. The Morgan fingerprint density at radius 1 is 1.14 bits per heavy atom. The van der Waals surface area contributed by atoms with E-state index in [0.717, 1.165) is 5.56 Å². The van der Waals surface area contributed by atoms with Crippen LogP contribution in [0.25, 0.3) is 0 Å². The highest BCUT2D eigenvalue weighted by Crippen LogP contribution is 2.25. The van der Waals surface area contributed by atoms with Crippen LogP contribution in [0.2, 0.25) is 0 Å². The number of hydrogen-bond donors (Lipinski definition) is 1. The molecule has 0 aliphatic carbocycles. The minimum absolute atomic E-state index is 0.217. The molecular weight excluding hydrogens is 273 g/mol. The Bertz CT molecular complexity index is 590. The van der Waals surface area contributed by atoms with Crippen molar-refractivity contribution >= 4 is 0 Å². The average molecular weight is 291 g/mol. The first-order valence-corrected chi connectivity index (χ1v) is 6.64. The molecule has 0 bridgehead atoms. The Morgan fingerprint density at radius 2 is 1.95 bits per heavy atom. The van der Waals surface area contributed by atoms with Gasteiger partial charge in [0.05, 0.1) is 26.0 Å². The molecule has 0 fully saturated rings. The van der Waals surface area contributed by atoms with Crippen LogP contribution in [0.4, 0.5) is 4.39 Å². The summed E-state index contributed by atoms with van der Waals surface area (Å²) in [6.45, 7) is 2.69. The summed E-state index contributed by atoms with van der Waals surface area (Å²) >= 11 is 0. The molecule has 0 saturated carbocycles. The molecule has 1 unspecified atom stereocenters. The molecule has 1 N–H and O–H groups in total. The molecule has 0 saturated heterocycles. The second kappa shape index (κ2) is 6.99. The van der Waals surface area contributed by atoms with E-state index >= 15 is 0 Å². The largest absolute Gasteiger partial charge is 0.494 e. The maximum atomic E-state index is 13.9. The molecule has 2 aromatic rings. The van der Waals surface area contributed by atoms with Crippen LogP contribution in [0.1, 0.15) is 24.2 Å². The van der Waals surface area contributed by atoms with Gasteiger partial charge >= 0.3 is 0 Å². The highest BCUT2D eigenvalue weighted by atomic mass is 19.1. The van der Waals surface area contributed by atoms with Gasteiger partial charge in [-0.25, -0.2) is 4.39 Å². The van der Waals surface area contributed by atoms with E-state index in [1.54, 1.807) is 24.3 Å². The molecule has 112 valence electrons. The van der Waals surface area contributed by atoms with Crippen molar-refractivity contribution in [3.63, 3.8) is 0 Å². The molecule has 1 aromatic heterocycles. The molecule has 1 atom stereocenters. The summed E-state index contributed by atoms with van der Waals surface area (Å²) in [5, 5.41) is 11.3. The lowest BCUT2D eigenvalue weighted by Gasteiger charge is -2.18. The Morgan fingerprint density at radius 3 is 2.48 bits per heavy atom. The fourth-order valence-electron chi connectivity index (χ4n) is 2.05. The van der Waals surface area contributed by atoms with Crippen LogP contribution in [0.3, 0.4) is 0 Å². The molecule has 0 aliphatic rings. The summed E-state index contributed by atoms with van der Waals surface area (Å²) in [5.74, 6) is 0.254. The van der Waals surface area contributed by atoms with Crippen molar-refractivity contribution in [2.24, 2.45) is 0 Å². The van der Waals surface area contributed by atoms with Crippen molar-refractivity contribution < 1.29 is 13.9 Å². The van der Waals surface area contributed by atoms with Gasteiger partial charge < -0.3 is 14.8 Å². The number of benzene rings is 1. The number of methoxy groups -OCH3 is 2. The van der Waals surface area contributed by atoms with E-state index in [1.807, 2.05) is 6.92 Å². The van der Waals surface area contributed by atoms with Gasteiger partial charge in [0.2, 0.25) is 5.88 Å². The Hall–Kier alpha value is -2.21. The SMILES string of the molecule is CCNC(c1ccc(OC)c(F)c1)c1ccc(OC)nn1. The maximum absolute atomic E-state index is 13.9. The topological polar surface area (TPSA) is 56.3 Å². The monoisotopic (exact) mass is 291 g/mol. The number of halogens is 1. The van der Waals surface area contributed by atoms with E-state index in [0.29, 0.717) is 18.1 Å². The molecule has 21 heavy (non-hydrogen) atoms. The van der Waals surface area contributed by atoms with Crippen molar-refractivity contribution in [1.29, 1.82) is 0 Å². The van der Waals surface area contributed by atoms with E-state index < -0.39 is 5.82 Å². The van der Waals surface area contributed by atoms with Gasteiger partial charge in [-0.3, -0.25) is 0 Å². The van der Waals surface area contributed by atoms with E-state index in [2.05, 4.69) is 15.5 Å². The first-order valence-electron chi connectivity index (χ1n) is 6.64. The molecule has 1 heterocycles. The summed E-state index contributed by atoms with van der Waals surface area (Å²) in [6.07, 6.45) is 0. The fraction of sp³-hybridized carbons (Fsp3) is 0.333. The van der Waals surface area contributed by atoms with Gasteiger partial charge in [-0.1, -0.05) is 13.0 Å². The van der Waals surface area contributed by atoms with Gasteiger partial charge in [0, 0.05) is 6.07 Å². The maximum Gasteiger partial charge on any atom is 0.233 e. The number of nitrogens with zero attached hydrogens (tertiary/aromatic N) is 2. The predicted molar refractivity (Wildman–Crippen MR) is 77.1 cm³/mol. The third kappa shape index (κ3) is 3.46. The molecule has 5 nitrogen and oxygen atoms in total. The number of hydrogen-bond acceptors (Lipinski definition) is 5. The fourth-order valence-corrected chi connectivity index (χ4v) is 2.05. The van der Waals surface area contributed by atoms with Crippen molar-refractivity contribution in [3.8, 4) is 11.6 Å². The minimum Gasteiger partial charge on any atom is -0.494 e. The van der Waals surface area contributed by atoms with Crippen molar-refractivity contribution in [2.45, 2.75) is 13.0 Å². The van der Waals surface area contributed by atoms with E-state index in [1.165, 1.54) is 20.3 Å². The van der Waals surface area contributed by atoms with Crippen molar-refractivity contribution in [1.82, 2.24) is 15.5 Å². The highest BCUT2D eigenvalue weighted by Gasteiger charge is 2.17. The van der Waals surface area contributed by atoms with Crippen molar-refractivity contribution in [2.75, 3.05) is 20.8 Å². The summed E-state index contributed by atoms with van der Waals surface area (Å²) < 4.78 is 23.8. The van der Waals surface area contributed by atoms with Crippen LogP contribution >= 0.6 is 0 Å². The summed E-state index contributed by atoms with van der Waals surface area (Å²) in [5.41, 5.74) is 1.46.